The van der Waals surface area contributed by atoms with Crippen LogP contribution in [0.15, 0.2) is 25.3 Å². The van der Waals surface area contributed by atoms with Crippen LogP contribution in [0.25, 0.3) is 0 Å². The summed E-state index contributed by atoms with van der Waals surface area (Å²) in [5.74, 6) is 0.233. The van der Waals surface area contributed by atoms with Crippen molar-refractivity contribution in [3.8, 4) is 0 Å². The molecule has 114 valence electrons. The van der Waals surface area contributed by atoms with Crippen LogP contribution >= 0.6 is 0 Å². The third-order valence-corrected chi connectivity index (χ3v) is 3.47. The van der Waals surface area contributed by atoms with Gasteiger partial charge in [-0.15, -0.1) is 13.2 Å². The largest absolute Gasteiger partial charge is 0.465 e. The first kappa shape index (κ1) is 16.7. The lowest BCUT2D eigenvalue weighted by molar-refractivity contribution is -0.0427. The summed E-state index contributed by atoms with van der Waals surface area (Å²) >= 11 is 0. The molecule has 0 aromatic carbocycles. The summed E-state index contributed by atoms with van der Waals surface area (Å²) in [4.78, 5) is 12.8. The van der Waals surface area contributed by atoms with Crippen LogP contribution in [0, 0.1) is 5.92 Å². The van der Waals surface area contributed by atoms with Crippen molar-refractivity contribution in [2.24, 2.45) is 5.92 Å². The van der Waals surface area contributed by atoms with Crippen LogP contribution in [0.3, 0.4) is 0 Å². The first-order chi connectivity index (χ1) is 9.42. The maximum absolute atomic E-state index is 11.4. The number of carboxylic acid groups (broad SMARTS) is 1. The molecule has 0 radical (unpaired) electrons. The van der Waals surface area contributed by atoms with Gasteiger partial charge in [-0.25, -0.2) is 4.79 Å². The normalized spacial score (nSPS) is 22.5. The summed E-state index contributed by atoms with van der Waals surface area (Å²) in [5, 5.41) is 9.36. The SMILES string of the molecule is C=CCOCC(CC=C)CC1COC(C)(C)N1C(=O)O. The molecular formula is C15H25NO4. The first-order valence-corrected chi connectivity index (χ1v) is 6.88. The van der Waals surface area contributed by atoms with E-state index in [9.17, 15) is 9.90 Å². The van der Waals surface area contributed by atoms with E-state index in [-0.39, 0.29) is 12.0 Å². The minimum Gasteiger partial charge on any atom is -0.465 e. The van der Waals surface area contributed by atoms with Gasteiger partial charge in [0.15, 0.2) is 0 Å². The molecule has 5 heteroatoms. The van der Waals surface area contributed by atoms with Gasteiger partial charge in [0.25, 0.3) is 0 Å². The lowest BCUT2D eigenvalue weighted by atomic mass is 9.96. The smallest absolute Gasteiger partial charge is 0.409 e. The molecule has 0 aromatic heterocycles. The average molecular weight is 283 g/mol. The van der Waals surface area contributed by atoms with Crippen LogP contribution in [0.4, 0.5) is 4.79 Å². The van der Waals surface area contributed by atoms with E-state index >= 15 is 0 Å². The average Bonchev–Trinajstić information content (AvgIpc) is 2.65. The molecular weight excluding hydrogens is 258 g/mol. The number of hydrogen-bond donors (Lipinski definition) is 1. The van der Waals surface area contributed by atoms with Crippen LogP contribution in [0.2, 0.25) is 0 Å². The highest BCUT2D eigenvalue weighted by Gasteiger charge is 2.44. The quantitative estimate of drug-likeness (QED) is 0.549. The van der Waals surface area contributed by atoms with Crippen molar-refractivity contribution in [3.63, 3.8) is 0 Å². The third kappa shape index (κ3) is 4.35. The van der Waals surface area contributed by atoms with Crippen molar-refractivity contribution < 1.29 is 19.4 Å². The van der Waals surface area contributed by atoms with Crippen LogP contribution in [0.1, 0.15) is 26.7 Å². The lowest BCUT2D eigenvalue weighted by Gasteiger charge is -2.32. The van der Waals surface area contributed by atoms with E-state index in [0.29, 0.717) is 26.2 Å². The molecule has 1 fully saturated rings. The van der Waals surface area contributed by atoms with Gasteiger partial charge >= 0.3 is 6.09 Å². The van der Waals surface area contributed by atoms with Gasteiger partial charge in [0.2, 0.25) is 0 Å². The Morgan fingerprint density at radius 2 is 2.25 bits per heavy atom. The number of allylic oxidation sites excluding steroid dienone is 1. The lowest BCUT2D eigenvalue weighted by Crippen LogP contribution is -2.47. The number of nitrogens with zero attached hydrogens (tertiary/aromatic N) is 1. The molecule has 1 rings (SSSR count). The molecule has 1 saturated heterocycles. The number of carbonyl (C=O) groups is 1. The molecule has 1 heterocycles. The first-order valence-electron chi connectivity index (χ1n) is 6.88. The number of ether oxygens (including phenoxy) is 2. The Balaban J connectivity index is 2.64. The monoisotopic (exact) mass is 283 g/mol. The second-order valence-corrected chi connectivity index (χ2v) is 5.52. The van der Waals surface area contributed by atoms with Crippen molar-refractivity contribution in [1.29, 1.82) is 0 Å². The fraction of sp³-hybridized carbons (Fsp3) is 0.667. The van der Waals surface area contributed by atoms with Gasteiger partial charge in [0.1, 0.15) is 5.72 Å². The van der Waals surface area contributed by atoms with Crippen LogP contribution in [-0.4, -0.2) is 47.7 Å². The molecule has 1 N–H and O–H groups in total. The topological polar surface area (TPSA) is 59.0 Å². The Morgan fingerprint density at radius 1 is 1.55 bits per heavy atom. The molecule has 2 atom stereocenters. The van der Waals surface area contributed by atoms with E-state index < -0.39 is 11.8 Å². The zero-order valence-corrected chi connectivity index (χ0v) is 12.4. The summed E-state index contributed by atoms with van der Waals surface area (Å²) in [6.45, 7) is 12.4. The molecule has 2 unspecified atom stereocenters. The summed E-state index contributed by atoms with van der Waals surface area (Å²) in [6.07, 6.45) is 4.10. The zero-order chi connectivity index (χ0) is 15.2. The highest BCUT2D eigenvalue weighted by atomic mass is 16.5. The molecule has 1 aliphatic heterocycles. The van der Waals surface area contributed by atoms with Crippen molar-refractivity contribution in [2.45, 2.75) is 38.5 Å². The van der Waals surface area contributed by atoms with Gasteiger partial charge in [-0.1, -0.05) is 12.2 Å². The fourth-order valence-corrected chi connectivity index (χ4v) is 2.61. The Labute approximate surface area is 120 Å². The van der Waals surface area contributed by atoms with Crippen molar-refractivity contribution in [3.05, 3.63) is 25.3 Å². The highest BCUT2D eigenvalue weighted by Crippen LogP contribution is 2.31. The zero-order valence-electron chi connectivity index (χ0n) is 12.4. The Hall–Kier alpha value is -1.33. The van der Waals surface area contributed by atoms with Crippen molar-refractivity contribution >= 4 is 6.09 Å². The maximum atomic E-state index is 11.4. The number of hydrogen-bond acceptors (Lipinski definition) is 3. The standard InChI is InChI=1S/C15H25NO4/c1-5-7-12(10-19-8-6-2)9-13-11-20-15(3,4)16(13)14(17)18/h5-6,12-13H,1-2,7-11H2,3-4H3,(H,17,18). The van der Waals surface area contributed by atoms with Crippen LogP contribution in [0.5, 0.6) is 0 Å². The Bertz CT molecular complexity index is 354. The molecule has 0 aromatic rings. The van der Waals surface area contributed by atoms with E-state index in [0.717, 1.165) is 6.42 Å². The molecule has 5 nitrogen and oxygen atoms in total. The van der Waals surface area contributed by atoms with Gasteiger partial charge < -0.3 is 14.6 Å². The Morgan fingerprint density at radius 3 is 2.80 bits per heavy atom. The molecule has 1 amide bonds. The molecule has 0 spiro atoms. The predicted molar refractivity (Wildman–Crippen MR) is 77.6 cm³/mol. The maximum Gasteiger partial charge on any atom is 0.409 e. The minimum absolute atomic E-state index is 0.139. The molecule has 1 aliphatic rings. The van der Waals surface area contributed by atoms with Gasteiger partial charge in [-0.3, -0.25) is 4.90 Å². The van der Waals surface area contributed by atoms with E-state index in [1.807, 2.05) is 6.08 Å². The second-order valence-electron chi connectivity index (χ2n) is 5.52. The number of amides is 1. The molecule has 0 saturated carbocycles. The van der Waals surface area contributed by atoms with Gasteiger partial charge in [0, 0.05) is 0 Å². The second kappa shape index (κ2) is 7.45. The molecule has 0 bridgehead atoms. The van der Waals surface area contributed by atoms with E-state index in [1.165, 1.54) is 4.90 Å². The predicted octanol–water partition coefficient (Wildman–Crippen LogP) is 2.89. The van der Waals surface area contributed by atoms with Gasteiger partial charge in [0.05, 0.1) is 25.9 Å². The minimum atomic E-state index is -0.943. The van der Waals surface area contributed by atoms with Crippen LogP contribution in [-0.2, 0) is 9.47 Å². The summed E-state index contributed by atoms with van der Waals surface area (Å²) < 4.78 is 11.1. The molecule has 20 heavy (non-hydrogen) atoms. The van der Waals surface area contributed by atoms with E-state index in [1.54, 1.807) is 19.9 Å². The van der Waals surface area contributed by atoms with Gasteiger partial charge in [-0.2, -0.15) is 0 Å². The highest BCUT2D eigenvalue weighted by molar-refractivity contribution is 5.66. The third-order valence-electron chi connectivity index (χ3n) is 3.47. The van der Waals surface area contributed by atoms with Crippen molar-refractivity contribution in [2.75, 3.05) is 19.8 Å². The van der Waals surface area contributed by atoms with Gasteiger partial charge in [-0.05, 0) is 32.6 Å². The fourth-order valence-electron chi connectivity index (χ4n) is 2.61. The Kier molecular flexibility index (Phi) is 6.23. The number of rotatable bonds is 8. The summed E-state index contributed by atoms with van der Waals surface area (Å²) in [7, 11) is 0. The van der Waals surface area contributed by atoms with Crippen LogP contribution < -0.4 is 0 Å². The van der Waals surface area contributed by atoms with E-state index in [2.05, 4.69) is 13.2 Å². The summed E-state index contributed by atoms with van der Waals surface area (Å²) in [6, 6.07) is -0.139. The van der Waals surface area contributed by atoms with Crippen molar-refractivity contribution in [1.82, 2.24) is 4.90 Å². The summed E-state index contributed by atoms with van der Waals surface area (Å²) in [5.41, 5.74) is -0.767. The van der Waals surface area contributed by atoms with E-state index in [4.69, 9.17) is 9.47 Å². The molecule has 0 aliphatic carbocycles.